The molecule has 0 radical (unpaired) electrons. The van der Waals surface area contributed by atoms with E-state index in [0.29, 0.717) is 11.8 Å². The van der Waals surface area contributed by atoms with E-state index in [1.54, 1.807) is 0 Å². The number of hydrogen-bond acceptors (Lipinski definition) is 2. The summed E-state index contributed by atoms with van der Waals surface area (Å²) >= 11 is 0. The zero-order valence-corrected chi connectivity index (χ0v) is 9.45. The van der Waals surface area contributed by atoms with Gasteiger partial charge in [0.1, 0.15) is 11.5 Å². The van der Waals surface area contributed by atoms with Crippen molar-refractivity contribution < 1.29 is 9.21 Å². The van der Waals surface area contributed by atoms with Gasteiger partial charge in [0, 0.05) is 11.8 Å². The van der Waals surface area contributed by atoms with Crippen molar-refractivity contribution >= 4 is 6.29 Å². The highest BCUT2D eigenvalue weighted by atomic mass is 16.3. The Kier molecular flexibility index (Phi) is 2.94. The molecule has 0 aliphatic heterocycles. The second-order valence-electron chi connectivity index (χ2n) is 4.52. The fourth-order valence-electron chi connectivity index (χ4n) is 1.97. The number of carbonyl (C=O) groups is 1. The predicted octanol–water partition coefficient (Wildman–Crippen LogP) is 3.87. The molecule has 1 fully saturated rings. The molecule has 0 saturated heterocycles. The highest BCUT2D eigenvalue weighted by Crippen LogP contribution is 2.40. The van der Waals surface area contributed by atoms with E-state index in [-0.39, 0.29) is 0 Å². The molecule has 1 aromatic rings. The third kappa shape index (κ3) is 1.85. The first-order chi connectivity index (χ1) is 7.26. The van der Waals surface area contributed by atoms with Crippen molar-refractivity contribution in [3.8, 4) is 0 Å². The summed E-state index contributed by atoms with van der Waals surface area (Å²) < 4.78 is 5.83. The van der Waals surface area contributed by atoms with Gasteiger partial charge in [-0.3, -0.25) is 4.79 Å². The minimum absolute atomic E-state index is 0.414. The number of furan rings is 1. The molecular formula is C13H18O2. The maximum atomic E-state index is 10.9. The SMILES string of the molecule is CCC(C)c1cc(C=O)c(C2CCC2)o1. The van der Waals surface area contributed by atoms with Crippen LogP contribution in [0.3, 0.4) is 0 Å². The normalized spacial score (nSPS) is 18.5. The van der Waals surface area contributed by atoms with Crippen LogP contribution in [-0.2, 0) is 0 Å². The molecule has 0 bridgehead atoms. The third-order valence-electron chi connectivity index (χ3n) is 3.51. The summed E-state index contributed by atoms with van der Waals surface area (Å²) in [6.07, 6.45) is 5.60. The van der Waals surface area contributed by atoms with Crippen LogP contribution in [0.5, 0.6) is 0 Å². The van der Waals surface area contributed by atoms with E-state index in [1.165, 1.54) is 19.3 Å². The molecule has 1 unspecified atom stereocenters. The van der Waals surface area contributed by atoms with Crippen molar-refractivity contribution in [3.63, 3.8) is 0 Å². The van der Waals surface area contributed by atoms with Crippen LogP contribution in [0.25, 0.3) is 0 Å². The van der Waals surface area contributed by atoms with Crippen molar-refractivity contribution in [2.45, 2.75) is 51.4 Å². The molecule has 82 valence electrons. The van der Waals surface area contributed by atoms with Crippen LogP contribution >= 0.6 is 0 Å². The van der Waals surface area contributed by atoms with Crippen LogP contribution in [0, 0.1) is 0 Å². The summed E-state index contributed by atoms with van der Waals surface area (Å²) in [7, 11) is 0. The minimum atomic E-state index is 0.414. The molecule has 15 heavy (non-hydrogen) atoms. The van der Waals surface area contributed by atoms with Gasteiger partial charge in [0.05, 0.1) is 5.56 Å². The van der Waals surface area contributed by atoms with Crippen LogP contribution in [0.15, 0.2) is 10.5 Å². The van der Waals surface area contributed by atoms with E-state index in [0.717, 1.165) is 29.8 Å². The Balaban J connectivity index is 2.27. The zero-order chi connectivity index (χ0) is 10.8. The topological polar surface area (TPSA) is 30.2 Å². The molecule has 0 spiro atoms. The standard InChI is InChI=1S/C13H18O2/c1-3-9(2)12-7-11(8-14)13(15-12)10-5-4-6-10/h7-10H,3-6H2,1-2H3. The lowest BCUT2D eigenvalue weighted by molar-refractivity contribution is 0.112. The molecule has 2 nitrogen and oxygen atoms in total. The van der Waals surface area contributed by atoms with Gasteiger partial charge in [-0.25, -0.2) is 0 Å². The summed E-state index contributed by atoms with van der Waals surface area (Å²) in [4.78, 5) is 10.9. The van der Waals surface area contributed by atoms with Crippen LogP contribution in [0.1, 0.15) is 73.2 Å². The van der Waals surface area contributed by atoms with Crippen LogP contribution in [-0.4, -0.2) is 6.29 Å². The molecule has 1 aliphatic rings. The Bertz CT molecular complexity index is 347. The van der Waals surface area contributed by atoms with Crippen molar-refractivity contribution in [2.75, 3.05) is 0 Å². The molecule has 1 aliphatic carbocycles. The van der Waals surface area contributed by atoms with Gasteiger partial charge in [-0.05, 0) is 25.3 Å². The van der Waals surface area contributed by atoms with Gasteiger partial charge < -0.3 is 4.42 Å². The van der Waals surface area contributed by atoms with Crippen molar-refractivity contribution in [2.24, 2.45) is 0 Å². The average molecular weight is 206 g/mol. The molecule has 1 aromatic heterocycles. The first-order valence-corrected chi connectivity index (χ1v) is 5.85. The van der Waals surface area contributed by atoms with Crippen LogP contribution in [0.4, 0.5) is 0 Å². The average Bonchev–Trinajstić information content (AvgIpc) is 2.58. The fraction of sp³-hybridized carbons (Fsp3) is 0.615. The third-order valence-corrected chi connectivity index (χ3v) is 3.51. The molecule has 2 heteroatoms. The van der Waals surface area contributed by atoms with Gasteiger partial charge in [-0.1, -0.05) is 20.3 Å². The predicted molar refractivity (Wildman–Crippen MR) is 59.4 cm³/mol. The fourth-order valence-corrected chi connectivity index (χ4v) is 1.97. The molecule has 2 rings (SSSR count). The summed E-state index contributed by atoms with van der Waals surface area (Å²) in [6.45, 7) is 4.27. The van der Waals surface area contributed by atoms with Gasteiger partial charge in [0.2, 0.25) is 0 Å². The molecule has 0 N–H and O–H groups in total. The first kappa shape index (κ1) is 10.5. The lowest BCUT2D eigenvalue weighted by Crippen LogP contribution is -2.09. The Morgan fingerprint density at radius 2 is 2.33 bits per heavy atom. The van der Waals surface area contributed by atoms with Crippen LogP contribution < -0.4 is 0 Å². The van der Waals surface area contributed by atoms with E-state index in [1.807, 2.05) is 6.07 Å². The maximum absolute atomic E-state index is 10.9. The molecule has 0 aromatic carbocycles. The van der Waals surface area contributed by atoms with Crippen molar-refractivity contribution in [1.29, 1.82) is 0 Å². The van der Waals surface area contributed by atoms with Gasteiger partial charge in [0.25, 0.3) is 0 Å². The van der Waals surface area contributed by atoms with Crippen molar-refractivity contribution in [1.82, 2.24) is 0 Å². The first-order valence-electron chi connectivity index (χ1n) is 5.85. The Hall–Kier alpha value is -1.05. The number of carbonyl (C=O) groups excluding carboxylic acids is 1. The smallest absolute Gasteiger partial charge is 0.153 e. The monoisotopic (exact) mass is 206 g/mol. The summed E-state index contributed by atoms with van der Waals surface area (Å²) in [6, 6.07) is 1.93. The van der Waals surface area contributed by atoms with Gasteiger partial charge in [-0.2, -0.15) is 0 Å². The second-order valence-corrected chi connectivity index (χ2v) is 4.52. The van der Waals surface area contributed by atoms with Crippen LogP contribution in [0.2, 0.25) is 0 Å². The summed E-state index contributed by atoms with van der Waals surface area (Å²) in [5.74, 6) is 2.83. The minimum Gasteiger partial charge on any atom is -0.465 e. The zero-order valence-electron chi connectivity index (χ0n) is 9.45. The lowest BCUT2D eigenvalue weighted by Gasteiger charge is -2.23. The molecular weight excluding hydrogens is 188 g/mol. The van der Waals surface area contributed by atoms with E-state index in [4.69, 9.17) is 4.42 Å². The lowest BCUT2D eigenvalue weighted by atomic mass is 9.82. The highest BCUT2D eigenvalue weighted by Gasteiger charge is 2.26. The maximum Gasteiger partial charge on any atom is 0.153 e. The Labute approximate surface area is 90.7 Å². The molecule has 1 heterocycles. The Morgan fingerprint density at radius 3 is 2.80 bits per heavy atom. The molecule has 0 amide bonds. The Morgan fingerprint density at radius 1 is 1.60 bits per heavy atom. The van der Waals surface area contributed by atoms with Gasteiger partial charge in [-0.15, -0.1) is 0 Å². The number of hydrogen-bond donors (Lipinski definition) is 0. The van der Waals surface area contributed by atoms with E-state index >= 15 is 0 Å². The quantitative estimate of drug-likeness (QED) is 0.700. The summed E-state index contributed by atoms with van der Waals surface area (Å²) in [5, 5.41) is 0. The highest BCUT2D eigenvalue weighted by molar-refractivity contribution is 5.77. The van der Waals surface area contributed by atoms with Gasteiger partial charge in [0.15, 0.2) is 6.29 Å². The van der Waals surface area contributed by atoms with E-state index < -0.39 is 0 Å². The molecule has 1 atom stereocenters. The van der Waals surface area contributed by atoms with E-state index in [2.05, 4.69) is 13.8 Å². The molecule has 1 saturated carbocycles. The number of rotatable bonds is 4. The summed E-state index contributed by atoms with van der Waals surface area (Å²) in [5.41, 5.74) is 0.773. The van der Waals surface area contributed by atoms with E-state index in [9.17, 15) is 4.79 Å². The largest absolute Gasteiger partial charge is 0.465 e. The number of aldehydes is 1. The second kappa shape index (κ2) is 4.21. The van der Waals surface area contributed by atoms with Gasteiger partial charge >= 0.3 is 0 Å². The van der Waals surface area contributed by atoms with Crippen molar-refractivity contribution in [3.05, 3.63) is 23.2 Å².